The lowest BCUT2D eigenvalue weighted by molar-refractivity contribution is 0.0697. The molecular weight excluding hydrogens is 332 g/mol. The highest BCUT2D eigenvalue weighted by Gasteiger charge is 2.06. The molecule has 0 saturated heterocycles. The van der Waals surface area contributed by atoms with Crippen molar-refractivity contribution in [2.24, 2.45) is 0 Å². The maximum absolute atomic E-state index is 10.8. The van der Waals surface area contributed by atoms with Crippen molar-refractivity contribution in [2.75, 3.05) is 0 Å². The van der Waals surface area contributed by atoms with Gasteiger partial charge in [0.2, 0.25) is 0 Å². The molecule has 104 valence electrons. The molecule has 1 heterocycles. The Hall–Kier alpha value is -2.40. The van der Waals surface area contributed by atoms with E-state index in [0.717, 1.165) is 21.3 Å². The summed E-state index contributed by atoms with van der Waals surface area (Å²) in [5.41, 5.74) is 3.15. The maximum Gasteiger partial charge on any atom is 0.335 e. The second-order valence-corrected chi connectivity index (χ2v) is 5.45. The van der Waals surface area contributed by atoms with Gasteiger partial charge in [0, 0.05) is 16.2 Å². The minimum atomic E-state index is -0.933. The Bertz CT molecular complexity index is 794. The third-order valence-corrected chi connectivity index (χ3v) is 3.61. The molecule has 0 amide bonds. The van der Waals surface area contributed by atoms with E-state index in [-0.39, 0.29) is 5.56 Å². The number of carboxylic acid groups (broad SMARTS) is 1. The molecule has 0 aliphatic rings. The Morgan fingerprint density at radius 3 is 2.52 bits per heavy atom. The van der Waals surface area contributed by atoms with Gasteiger partial charge in [0.05, 0.1) is 17.4 Å². The van der Waals surface area contributed by atoms with E-state index in [1.807, 2.05) is 30.5 Å². The largest absolute Gasteiger partial charge is 0.478 e. The van der Waals surface area contributed by atoms with Crippen molar-refractivity contribution in [1.82, 2.24) is 9.78 Å². The number of benzene rings is 2. The molecule has 21 heavy (non-hydrogen) atoms. The second kappa shape index (κ2) is 5.54. The van der Waals surface area contributed by atoms with Crippen LogP contribution in [0.3, 0.4) is 0 Å². The van der Waals surface area contributed by atoms with Gasteiger partial charge < -0.3 is 5.11 Å². The molecule has 0 radical (unpaired) electrons. The summed E-state index contributed by atoms with van der Waals surface area (Å²) in [6.07, 6.45) is 3.70. The zero-order chi connectivity index (χ0) is 14.8. The molecule has 1 N–H and O–H groups in total. The first-order valence-corrected chi connectivity index (χ1v) is 7.07. The van der Waals surface area contributed by atoms with Crippen molar-refractivity contribution >= 4 is 21.9 Å². The molecule has 0 aliphatic carbocycles. The molecule has 0 saturated carbocycles. The first-order chi connectivity index (χ1) is 10.1. The van der Waals surface area contributed by atoms with Crippen LogP contribution in [0.15, 0.2) is 65.4 Å². The Labute approximate surface area is 129 Å². The summed E-state index contributed by atoms with van der Waals surface area (Å²) in [6.45, 7) is 0. The lowest BCUT2D eigenvalue weighted by Gasteiger charge is -2.01. The highest BCUT2D eigenvalue weighted by molar-refractivity contribution is 9.10. The van der Waals surface area contributed by atoms with Gasteiger partial charge in [-0.25, -0.2) is 9.48 Å². The van der Waals surface area contributed by atoms with Gasteiger partial charge in [0.15, 0.2) is 0 Å². The van der Waals surface area contributed by atoms with Crippen molar-refractivity contribution in [3.8, 4) is 16.8 Å². The molecule has 3 aromatic rings. The fourth-order valence-electron chi connectivity index (χ4n) is 2.04. The van der Waals surface area contributed by atoms with Crippen LogP contribution < -0.4 is 0 Å². The fourth-order valence-corrected chi connectivity index (χ4v) is 2.44. The van der Waals surface area contributed by atoms with E-state index in [1.165, 1.54) is 0 Å². The monoisotopic (exact) mass is 342 g/mol. The number of nitrogens with zero attached hydrogens (tertiary/aromatic N) is 2. The Kier molecular flexibility index (Phi) is 3.58. The smallest absolute Gasteiger partial charge is 0.335 e. The van der Waals surface area contributed by atoms with Gasteiger partial charge in [-0.15, -0.1) is 0 Å². The molecule has 0 atom stereocenters. The van der Waals surface area contributed by atoms with E-state index < -0.39 is 5.97 Å². The molecule has 3 rings (SSSR count). The minimum Gasteiger partial charge on any atom is -0.478 e. The highest BCUT2D eigenvalue weighted by atomic mass is 79.9. The lowest BCUT2D eigenvalue weighted by Crippen LogP contribution is -1.98. The van der Waals surface area contributed by atoms with Crippen molar-refractivity contribution in [3.05, 3.63) is 71.0 Å². The predicted molar refractivity (Wildman–Crippen MR) is 83.7 cm³/mol. The molecule has 5 heteroatoms. The molecule has 2 aromatic carbocycles. The van der Waals surface area contributed by atoms with Crippen LogP contribution in [-0.2, 0) is 0 Å². The van der Waals surface area contributed by atoms with Gasteiger partial charge in [-0.2, -0.15) is 5.10 Å². The van der Waals surface area contributed by atoms with E-state index in [0.29, 0.717) is 0 Å². The van der Waals surface area contributed by atoms with Gasteiger partial charge in [-0.3, -0.25) is 0 Å². The summed E-state index contributed by atoms with van der Waals surface area (Å²) in [5.74, 6) is -0.933. The first-order valence-electron chi connectivity index (χ1n) is 6.28. The average Bonchev–Trinajstić information content (AvgIpc) is 2.97. The first kappa shape index (κ1) is 13.6. The summed E-state index contributed by atoms with van der Waals surface area (Å²) in [6, 6.07) is 14.6. The van der Waals surface area contributed by atoms with Crippen molar-refractivity contribution in [3.63, 3.8) is 0 Å². The fraction of sp³-hybridized carbons (Fsp3) is 0. The summed E-state index contributed by atoms with van der Waals surface area (Å²) in [7, 11) is 0. The van der Waals surface area contributed by atoms with Crippen LogP contribution in [0, 0.1) is 0 Å². The standard InChI is InChI=1S/C16H11BrN2O2/c17-14-3-1-2-12(8-14)13-9-18-19(10-13)15-6-4-11(5-7-15)16(20)21/h1-10H,(H,20,21). The summed E-state index contributed by atoms with van der Waals surface area (Å²) < 4.78 is 2.74. The van der Waals surface area contributed by atoms with Crippen LogP contribution in [0.1, 0.15) is 10.4 Å². The summed E-state index contributed by atoms with van der Waals surface area (Å²) >= 11 is 3.45. The molecule has 0 unspecified atom stereocenters. The number of carbonyl (C=O) groups is 1. The van der Waals surface area contributed by atoms with E-state index in [2.05, 4.69) is 21.0 Å². The molecule has 0 bridgehead atoms. The number of aromatic nitrogens is 2. The lowest BCUT2D eigenvalue weighted by atomic mass is 10.1. The number of carboxylic acids is 1. The average molecular weight is 343 g/mol. The molecule has 0 fully saturated rings. The van der Waals surface area contributed by atoms with Crippen molar-refractivity contribution in [2.45, 2.75) is 0 Å². The van der Waals surface area contributed by atoms with E-state index in [4.69, 9.17) is 5.11 Å². The Morgan fingerprint density at radius 2 is 1.86 bits per heavy atom. The SMILES string of the molecule is O=C(O)c1ccc(-n2cc(-c3cccc(Br)c3)cn2)cc1. The quantitative estimate of drug-likeness (QED) is 0.782. The molecule has 4 nitrogen and oxygen atoms in total. The van der Waals surface area contributed by atoms with E-state index in [1.54, 1.807) is 35.1 Å². The predicted octanol–water partition coefficient (Wildman–Crippen LogP) is 4.00. The third-order valence-electron chi connectivity index (χ3n) is 3.12. The number of hydrogen-bond acceptors (Lipinski definition) is 2. The number of aromatic carboxylic acids is 1. The molecule has 1 aromatic heterocycles. The third kappa shape index (κ3) is 2.87. The van der Waals surface area contributed by atoms with E-state index in [9.17, 15) is 4.79 Å². The number of hydrogen-bond donors (Lipinski definition) is 1. The molecule has 0 aliphatic heterocycles. The van der Waals surface area contributed by atoms with Crippen LogP contribution in [0.4, 0.5) is 0 Å². The second-order valence-electron chi connectivity index (χ2n) is 4.54. The van der Waals surface area contributed by atoms with Crippen molar-refractivity contribution < 1.29 is 9.90 Å². The highest BCUT2D eigenvalue weighted by Crippen LogP contribution is 2.23. The number of rotatable bonds is 3. The van der Waals surface area contributed by atoms with Gasteiger partial charge in [0.1, 0.15) is 0 Å². The van der Waals surface area contributed by atoms with Gasteiger partial charge >= 0.3 is 5.97 Å². The normalized spacial score (nSPS) is 10.5. The summed E-state index contributed by atoms with van der Waals surface area (Å²) in [5, 5.41) is 13.2. The van der Waals surface area contributed by atoms with Gasteiger partial charge in [-0.05, 0) is 42.0 Å². The zero-order valence-corrected chi connectivity index (χ0v) is 12.5. The Balaban J connectivity index is 1.93. The van der Waals surface area contributed by atoms with Crippen LogP contribution in [0.25, 0.3) is 16.8 Å². The topological polar surface area (TPSA) is 55.1 Å². The summed E-state index contributed by atoms with van der Waals surface area (Å²) in [4.78, 5) is 10.8. The zero-order valence-electron chi connectivity index (χ0n) is 10.9. The van der Waals surface area contributed by atoms with Crippen LogP contribution >= 0.6 is 15.9 Å². The maximum atomic E-state index is 10.8. The van der Waals surface area contributed by atoms with Gasteiger partial charge in [0.25, 0.3) is 0 Å². The molecule has 0 spiro atoms. The number of halogens is 1. The van der Waals surface area contributed by atoms with Crippen molar-refractivity contribution in [1.29, 1.82) is 0 Å². The minimum absolute atomic E-state index is 0.262. The molecular formula is C16H11BrN2O2. The van der Waals surface area contributed by atoms with Crippen LogP contribution in [-0.4, -0.2) is 20.9 Å². The van der Waals surface area contributed by atoms with Crippen LogP contribution in [0.5, 0.6) is 0 Å². The van der Waals surface area contributed by atoms with Gasteiger partial charge in [-0.1, -0.05) is 28.1 Å². The Morgan fingerprint density at radius 1 is 1.10 bits per heavy atom. The van der Waals surface area contributed by atoms with E-state index >= 15 is 0 Å². The van der Waals surface area contributed by atoms with Crippen LogP contribution in [0.2, 0.25) is 0 Å².